The lowest BCUT2D eigenvalue weighted by Gasteiger charge is -2.59. The molecule has 3 atom stereocenters. The zero-order valence-electron chi connectivity index (χ0n) is 19.3. The van der Waals surface area contributed by atoms with Crippen molar-refractivity contribution < 1.29 is 4.79 Å². The van der Waals surface area contributed by atoms with E-state index < -0.39 is 0 Å². The molecule has 5 saturated carbocycles. The molecular weight excluding hydrogens is 370 g/mol. The zero-order chi connectivity index (χ0) is 21.3. The van der Waals surface area contributed by atoms with Crippen molar-refractivity contribution in [2.75, 3.05) is 6.54 Å². The molecule has 6 fully saturated rings. The number of carbonyl (C=O) groups is 1. The van der Waals surface area contributed by atoms with Crippen molar-refractivity contribution in [2.45, 2.75) is 97.6 Å². The molecule has 30 heavy (non-hydrogen) atoms. The maximum atomic E-state index is 13.1. The number of likely N-dealkylation sites (tertiary alicyclic amines) is 1. The van der Waals surface area contributed by atoms with Gasteiger partial charge in [-0.05, 0) is 98.7 Å². The van der Waals surface area contributed by atoms with Crippen LogP contribution in [0.4, 0.5) is 0 Å². The first-order valence-electron chi connectivity index (χ1n) is 12.3. The topological polar surface area (TPSA) is 56.1 Å². The Labute approximate surface area is 182 Å². The number of hydrogen-bond acceptors (Lipinski definition) is 3. The highest BCUT2D eigenvalue weighted by Crippen LogP contribution is 2.61. The monoisotopic (exact) mass is 409 g/mol. The Morgan fingerprint density at radius 3 is 2.23 bits per heavy atom. The molecule has 0 aromatic rings. The van der Waals surface area contributed by atoms with Crippen LogP contribution >= 0.6 is 0 Å². The molecule has 3 unspecified atom stereocenters. The molecule has 6 bridgehead atoms. The van der Waals surface area contributed by atoms with E-state index in [2.05, 4.69) is 44.0 Å². The van der Waals surface area contributed by atoms with Crippen molar-refractivity contribution in [2.24, 2.45) is 34.0 Å². The SMILES string of the molecule is CC(NC(=O)/C(C#N)=C\N1CC2(C)CC1CC(C)(C)C2)C12CC3CC(CC(C3)C1)C2. The largest absolute Gasteiger partial charge is 0.373 e. The summed E-state index contributed by atoms with van der Waals surface area (Å²) < 4.78 is 0. The molecule has 0 aromatic heterocycles. The highest BCUT2D eigenvalue weighted by atomic mass is 16.1. The van der Waals surface area contributed by atoms with Crippen LogP contribution in [0, 0.1) is 45.3 Å². The van der Waals surface area contributed by atoms with Crippen molar-refractivity contribution in [1.29, 1.82) is 5.26 Å². The highest BCUT2D eigenvalue weighted by Gasteiger charge is 2.53. The minimum absolute atomic E-state index is 0.157. The minimum Gasteiger partial charge on any atom is -0.373 e. The van der Waals surface area contributed by atoms with Gasteiger partial charge in [-0.1, -0.05) is 20.8 Å². The summed E-state index contributed by atoms with van der Waals surface area (Å²) in [7, 11) is 0. The molecule has 0 aromatic carbocycles. The first-order chi connectivity index (χ1) is 14.1. The summed E-state index contributed by atoms with van der Waals surface area (Å²) in [6, 6.07) is 2.84. The first-order valence-corrected chi connectivity index (χ1v) is 12.3. The molecule has 1 amide bonds. The molecule has 4 heteroatoms. The van der Waals surface area contributed by atoms with Gasteiger partial charge in [0.2, 0.25) is 0 Å². The fraction of sp³-hybridized carbons (Fsp3) is 0.846. The average Bonchev–Trinajstić information content (AvgIpc) is 2.86. The maximum Gasteiger partial charge on any atom is 0.263 e. The van der Waals surface area contributed by atoms with Gasteiger partial charge in [-0.25, -0.2) is 0 Å². The second kappa shape index (κ2) is 6.75. The van der Waals surface area contributed by atoms with Gasteiger partial charge in [0.25, 0.3) is 5.91 Å². The van der Waals surface area contributed by atoms with Gasteiger partial charge in [0.1, 0.15) is 11.6 Å². The molecule has 0 radical (unpaired) electrons. The van der Waals surface area contributed by atoms with Crippen LogP contribution in [0.5, 0.6) is 0 Å². The fourth-order valence-corrected chi connectivity index (χ4v) is 9.09. The number of nitriles is 1. The van der Waals surface area contributed by atoms with E-state index in [1.54, 1.807) is 0 Å². The highest BCUT2D eigenvalue weighted by molar-refractivity contribution is 5.97. The third kappa shape index (κ3) is 3.47. The summed E-state index contributed by atoms with van der Waals surface area (Å²) in [5.41, 5.74) is 1.20. The Bertz CT molecular complexity index is 770. The van der Waals surface area contributed by atoms with Crippen LogP contribution in [0.3, 0.4) is 0 Å². The Kier molecular flexibility index (Phi) is 4.59. The third-order valence-corrected chi connectivity index (χ3v) is 9.47. The van der Waals surface area contributed by atoms with Gasteiger partial charge in [0.05, 0.1) is 0 Å². The van der Waals surface area contributed by atoms with Gasteiger partial charge in [0, 0.05) is 24.8 Å². The van der Waals surface area contributed by atoms with Crippen LogP contribution in [-0.4, -0.2) is 29.4 Å². The van der Waals surface area contributed by atoms with Crippen LogP contribution in [-0.2, 0) is 4.79 Å². The van der Waals surface area contributed by atoms with Gasteiger partial charge in [0.15, 0.2) is 0 Å². The lowest BCUT2D eigenvalue weighted by molar-refractivity contribution is -0.122. The van der Waals surface area contributed by atoms with Crippen LogP contribution < -0.4 is 5.32 Å². The van der Waals surface area contributed by atoms with E-state index in [0.717, 1.165) is 30.7 Å². The second-order valence-corrected chi connectivity index (χ2v) is 13.0. The molecule has 1 N–H and O–H groups in total. The van der Waals surface area contributed by atoms with Gasteiger partial charge in [-0.15, -0.1) is 0 Å². The molecule has 1 saturated heterocycles. The van der Waals surface area contributed by atoms with Crippen LogP contribution in [0.15, 0.2) is 11.8 Å². The number of hydrogen-bond donors (Lipinski definition) is 1. The molecular formula is C26H39N3O. The number of nitrogens with one attached hydrogen (secondary N) is 1. The summed E-state index contributed by atoms with van der Waals surface area (Å²) in [6.07, 6.45) is 13.5. The van der Waals surface area contributed by atoms with Gasteiger partial charge < -0.3 is 10.2 Å². The molecule has 5 aliphatic carbocycles. The number of carbonyl (C=O) groups excluding carboxylic acids is 1. The zero-order valence-corrected chi connectivity index (χ0v) is 19.3. The summed E-state index contributed by atoms with van der Waals surface area (Å²) in [4.78, 5) is 15.4. The standard InChI is InChI=1S/C26H39N3O/c1-17(26-8-18-5-19(9-26)7-20(6-18)10-26)28-23(30)21(13-27)14-29-16-25(4)12-22(29)11-24(2,3)15-25/h14,17-20,22H,5-12,15-16H2,1-4H3,(H,28,30)/b21-14-. The quantitative estimate of drug-likeness (QED) is 0.524. The third-order valence-electron chi connectivity index (χ3n) is 9.47. The van der Waals surface area contributed by atoms with E-state index >= 15 is 0 Å². The van der Waals surface area contributed by atoms with Crippen molar-refractivity contribution in [3.8, 4) is 6.07 Å². The van der Waals surface area contributed by atoms with E-state index in [9.17, 15) is 10.1 Å². The molecule has 6 rings (SSSR count). The minimum atomic E-state index is -0.161. The summed E-state index contributed by atoms with van der Waals surface area (Å²) in [6.45, 7) is 10.2. The van der Waals surface area contributed by atoms with Gasteiger partial charge >= 0.3 is 0 Å². The van der Waals surface area contributed by atoms with Crippen molar-refractivity contribution in [3.05, 3.63) is 11.8 Å². The Morgan fingerprint density at radius 1 is 1.07 bits per heavy atom. The van der Waals surface area contributed by atoms with E-state index in [1.165, 1.54) is 51.4 Å². The smallest absolute Gasteiger partial charge is 0.263 e. The van der Waals surface area contributed by atoms with Crippen molar-refractivity contribution in [1.82, 2.24) is 10.2 Å². The Morgan fingerprint density at radius 2 is 1.67 bits per heavy atom. The summed E-state index contributed by atoms with van der Waals surface area (Å²) in [5.74, 6) is 2.45. The summed E-state index contributed by atoms with van der Waals surface area (Å²) in [5, 5.41) is 13.1. The molecule has 0 spiro atoms. The van der Waals surface area contributed by atoms with E-state index in [-0.39, 0.29) is 17.4 Å². The Balaban J connectivity index is 1.29. The number of nitrogens with zero attached hydrogens (tertiary/aromatic N) is 2. The number of fused-ring (bicyclic) bond motifs is 2. The Hall–Kier alpha value is -1.50. The van der Waals surface area contributed by atoms with Crippen LogP contribution in [0.25, 0.3) is 0 Å². The van der Waals surface area contributed by atoms with Crippen LogP contribution in [0.2, 0.25) is 0 Å². The van der Waals surface area contributed by atoms with Crippen molar-refractivity contribution in [3.63, 3.8) is 0 Å². The molecule has 164 valence electrons. The van der Waals surface area contributed by atoms with Crippen molar-refractivity contribution >= 4 is 5.91 Å². The number of amides is 1. The molecule has 1 aliphatic heterocycles. The second-order valence-electron chi connectivity index (χ2n) is 13.0. The maximum absolute atomic E-state index is 13.1. The lowest BCUT2D eigenvalue weighted by atomic mass is 9.48. The number of rotatable bonds is 4. The molecule has 1 heterocycles. The van der Waals surface area contributed by atoms with E-state index in [0.29, 0.717) is 22.4 Å². The van der Waals surface area contributed by atoms with Crippen LogP contribution in [0.1, 0.15) is 85.5 Å². The normalized spacial score (nSPS) is 44.6. The molecule has 4 nitrogen and oxygen atoms in total. The summed E-state index contributed by atoms with van der Waals surface area (Å²) >= 11 is 0. The van der Waals surface area contributed by atoms with E-state index in [4.69, 9.17) is 0 Å². The van der Waals surface area contributed by atoms with E-state index in [1.807, 2.05) is 6.20 Å². The first kappa shape index (κ1) is 20.4. The van der Waals surface area contributed by atoms with Gasteiger partial charge in [-0.3, -0.25) is 4.79 Å². The molecule has 6 aliphatic rings. The predicted octanol–water partition coefficient (Wildman–Crippen LogP) is 5.02. The fourth-order valence-electron chi connectivity index (χ4n) is 9.09. The lowest BCUT2D eigenvalue weighted by Crippen LogP contribution is -2.56. The average molecular weight is 410 g/mol. The van der Waals surface area contributed by atoms with Gasteiger partial charge in [-0.2, -0.15) is 5.26 Å². The predicted molar refractivity (Wildman–Crippen MR) is 118 cm³/mol.